The van der Waals surface area contributed by atoms with Gasteiger partial charge in [-0.05, 0) is 31.4 Å². The second kappa shape index (κ2) is 9.28. The zero-order chi connectivity index (χ0) is 18.3. The van der Waals surface area contributed by atoms with E-state index in [9.17, 15) is 14.9 Å². The molecule has 0 aliphatic carbocycles. The van der Waals surface area contributed by atoms with Crippen LogP contribution in [0.15, 0.2) is 11.1 Å². The summed E-state index contributed by atoms with van der Waals surface area (Å²) in [6.45, 7) is 7.51. The van der Waals surface area contributed by atoms with E-state index < -0.39 is 12.0 Å². The molecular formula is C17H23N3O3S. The Morgan fingerprint density at radius 1 is 1.46 bits per heavy atom. The smallest absolute Gasteiger partial charge is 0.328 e. The number of pyridine rings is 1. The lowest BCUT2D eigenvalue weighted by Crippen LogP contribution is -2.46. The highest BCUT2D eigenvalue weighted by molar-refractivity contribution is 8.00. The van der Waals surface area contributed by atoms with Gasteiger partial charge in [0, 0.05) is 5.69 Å². The number of ether oxygens (including phenoxy) is 1. The van der Waals surface area contributed by atoms with E-state index in [0.717, 1.165) is 17.7 Å². The van der Waals surface area contributed by atoms with E-state index in [4.69, 9.17) is 4.74 Å². The van der Waals surface area contributed by atoms with Gasteiger partial charge in [-0.15, -0.1) is 0 Å². The summed E-state index contributed by atoms with van der Waals surface area (Å²) in [6.07, 6.45) is 0.740. The number of methoxy groups -OCH3 is 1. The van der Waals surface area contributed by atoms with Crippen LogP contribution in [-0.4, -0.2) is 35.8 Å². The van der Waals surface area contributed by atoms with Gasteiger partial charge in [-0.1, -0.05) is 32.0 Å². The predicted octanol–water partition coefficient (Wildman–Crippen LogP) is 2.37. The molecule has 0 saturated heterocycles. The average Bonchev–Trinajstić information content (AvgIpc) is 2.56. The van der Waals surface area contributed by atoms with Gasteiger partial charge in [0.1, 0.15) is 17.1 Å². The van der Waals surface area contributed by atoms with Crippen molar-refractivity contribution in [3.8, 4) is 6.07 Å². The number of nitriles is 1. The van der Waals surface area contributed by atoms with Crippen molar-refractivity contribution in [1.29, 1.82) is 5.26 Å². The molecule has 0 aromatic carbocycles. The van der Waals surface area contributed by atoms with E-state index in [1.807, 2.05) is 33.8 Å². The topological polar surface area (TPSA) is 92.1 Å². The molecule has 130 valence electrons. The first kappa shape index (κ1) is 20.0. The summed E-state index contributed by atoms with van der Waals surface area (Å²) in [4.78, 5) is 28.3. The number of hydrogen-bond acceptors (Lipinski definition) is 6. The van der Waals surface area contributed by atoms with Crippen molar-refractivity contribution in [1.82, 2.24) is 10.3 Å². The van der Waals surface area contributed by atoms with Gasteiger partial charge in [-0.25, -0.2) is 9.78 Å². The summed E-state index contributed by atoms with van der Waals surface area (Å²) in [5.74, 6) is -0.694. The van der Waals surface area contributed by atoms with E-state index in [0.29, 0.717) is 10.6 Å². The van der Waals surface area contributed by atoms with Crippen LogP contribution in [0.2, 0.25) is 0 Å². The molecule has 1 aromatic rings. The highest BCUT2D eigenvalue weighted by atomic mass is 32.2. The first-order valence-electron chi connectivity index (χ1n) is 7.72. The molecule has 2 unspecified atom stereocenters. The van der Waals surface area contributed by atoms with Crippen LogP contribution in [0, 0.1) is 31.1 Å². The monoisotopic (exact) mass is 349 g/mol. The highest BCUT2D eigenvalue weighted by Crippen LogP contribution is 2.23. The van der Waals surface area contributed by atoms with Crippen LogP contribution in [0.4, 0.5) is 0 Å². The van der Waals surface area contributed by atoms with Crippen LogP contribution in [-0.2, 0) is 14.3 Å². The third-order valence-corrected chi connectivity index (χ3v) is 4.72. The summed E-state index contributed by atoms with van der Waals surface area (Å²) >= 11 is 1.19. The van der Waals surface area contributed by atoms with Crippen molar-refractivity contribution in [3.05, 3.63) is 22.9 Å². The number of aryl methyl sites for hydroxylation is 2. The molecule has 0 aliphatic rings. The van der Waals surface area contributed by atoms with E-state index in [-0.39, 0.29) is 17.6 Å². The number of hydrogen-bond donors (Lipinski definition) is 1. The number of aromatic nitrogens is 1. The standard InChI is InChI=1S/C17H23N3O3S/c1-6-10(2)15(17(22)23-5)20-14(21)9-24-16-13(8-18)11(3)7-12(4)19-16/h7,10,15H,6,9H2,1-5H3,(H,20,21). The first-order valence-corrected chi connectivity index (χ1v) is 8.70. The van der Waals surface area contributed by atoms with Crippen molar-refractivity contribution < 1.29 is 14.3 Å². The maximum Gasteiger partial charge on any atom is 0.328 e. The minimum absolute atomic E-state index is 0.0274. The van der Waals surface area contributed by atoms with E-state index in [2.05, 4.69) is 16.4 Å². The molecular weight excluding hydrogens is 326 g/mol. The zero-order valence-corrected chi connectivity index (χ0v) is 15.5. The lowest BCUT2D eigenvalue weighted by atomic mass is 9.99. The minimum atomic E-state index is -0.671. The van der Waals surface area contributed by atoms with Gasteiger partial charge in [0.15, 0.2) is 0 Å². The van der Waals surface area contributed by atoms with Gasteiger partial charge in [0.2, 0.25) is 5.91 Å². The number of carbonyl (C=O) groups excluding carboxylic acids is 2. The van der Waals surface area contributed by atoms with Crippen LogP contribution in [0.5, 0.6) is 0 Å². The van der Waals surface area contributed by atoms with Crippen molar-refractivity contribution in [2.75, 3.05) is 12.9 Å². The van der Waals surface area contributed by atoms with Crippen molar-refractivity contribution in [2.24, 2.45) is 5.92 Å². The highest BCUT2D eigenvalue weighted by Gasteiger charge is 2.26. The Labute approximate surface area is 147 Å². The number of rotatable bonds is 7. The average molecular weight is 349 g/mol. The Balaban J connectivity index is 2.79. The number of esters is 1. The van der Waals surface area contributed by atoms with Crippen LogP contribution in [0.1, 0.15) is 37.1 Å². The summed E-state index contributed by atoms with van der Waals surface area (Å²) < 4.78 is 4.75. The molecule has 1 N–H and O–H groups in total. The second-order valence-electron chi connectivity index (χ2n) is 5.62. The number of amides is 1. The number of nitrogens with zero attached hydrogens (tertiary/aromatic N) is 2. The SMILES string of the molecule is CCC(C)C(NC(=O)CSc1nc(C)cc(C)c1C#N)C(=O)OC. The Hall–Kier alpha value is -2.07. The van der Waals surface area contributed by atoms with Crippen LogP contribution in [0.3, 0.4) is 0 Å². The fourth-order valence-electron chi connectivity index (χ4n) is 2.19. The summed E-state index contributed by atoms with van der Waals surface area (Å²) in [5.41, 5.74) is 2.10. The predicted molar refractivity (Wildman–Crippen MR) is 92.6 cm³/mol. The number of thioether (sulfide) groups is 1. The van der Waals surface area contributed by atoms with Gasteiger partial charge >= 0.3 is 5.97 Å². The molecule has 0 spiro atoms. The molecule has 2 atom stereocenters. The van der Waals surface area contributed by atoms with Crippen LogP contribution >= 0.6 is 11.8 Å². The quantitative estimate of drug-likeness (QED) is 0.600. The third-order valence-electron chi connectivity index (χ3n) is 3.75. The van der Waals surface area contributed by atoms with Crippen LogP contribution < -0.4 is 5.32 Å². The molecule has 0 saturated carbocycles. The van der Waals surface area contributed by atoms with Gasteiger partial charge < -0.3 is 10.1 Å². The summed E-state index contributed by atoms with van der Waals surface area (Å²) in [6, 6.07) is 3.28. The largest absolute Gasteiger partial charge is 0.467 e. The van der Waals surface area contributed by atoms with Crippen molar-refractivity contribution in [2.45, 2.75) is 45.2 Å². The molecule has 1 heterocycles. The summed E-state index contributed by atoms with van der Waals surface area (Å²) in [5, 5.41) is 12.5. The molecule has 0 bridgehead atoms. The Morgan fingerprint density at radius 3 is 2.67 bits per heavy atom. The number of carbonyl (C=O) groups is 2. The van der Waals surface area contributed by atoms with Gasteiger partial charge in [0.25, 0.3) is 0 Å². The summed E-state index contributed by atoms with van der Waals surface area (Å²) in [7, 11) is 1.30. The van der Waals surface area contributed by atoms with E-state index in [1.54, 1.807) is 0 Å². The number of nitrogens with one attached hydrogen (secondary N) is 1. The lowest BCUT2D eigenvalue weighted by molar-refractivity contribution is -0.146. The molecule has 6 nitrogen and oxygen atoms in total. The zero-order valence-electron chi connectivity index (χ0n) is 14.7. The molecule has 0 aliphatic heterocycles. The first-order chi connectivity index (χ1) is 11.3. The Kier molecular flexibility index (Phi) is 7.72. The molecule has 0 radical (unpaired) electrons. The normalized spacial score (nSPS) is 12.8. The maximum atomic E-state index is 12.2. The molecule has 0 fully saturated rings. The van der Waals surface area contributed by atoms with Gasteiger partial charge in [-0.3, -0.25) is 4.79 Å². The fraction of sp³-hybridized carbons (Fsp3) is 0.529. The molecule has 1 amide bonds. The Bertz CT molecular complexity index is 655. The molecule has 1 aromatic heterocycles. The van der Waals surface area contributed by atoms with Crippen molar-refractivity contribution in [3.63, 3.8) is 0 Å². The molecule has 1 rings (SSSR count). The van der Waals surface area contributed by atoms with Gasteiger partial charge in [-0.2, -0.15) is 5.26 Å². The molecule has 24 heavy (non-hydrogen) atoms. The van der Waals surface area contributed by atoms with Crippen molar-refractivity contribution >= 4 is 23.6 Å². The maximum absolute atomic E-state index is 12.2. The van der Waals surface area contributed by atoms with E-state index >= 15 is 0 Å². The Morgan fingerprint density at radius 2 is 2.12 bits per heavy atom. The van der Waals surface area contributed by atoms with Crippen LogP contribution in [0.25, 0.3) is 0 Å². The van der Waals surface area contributed by atoms with E-state index in [1.165, 1.54) is 18.9 Å². The fourth-order valence-corrected chi connectivity index (χ4v) is 3.10. The third kappa shape index (κ3) is 5.24. The lowest BCUT2D eigenvalue weighted by Gasteiger charge is -2.21. The molecule has 7 heteroatoms. The second-order valence-corrected chi connectivity index (χ2v) is 6.58. The minimum Gasteiger partial charge on any atom is -0.467 e. The van der Waals surface area contributed by atoms with Gasteiger partial charge in [0.05, 0.1) is 18.4 Å².